The molecule has 0 saturated carbocycles. The number of pyridine rings is 1. The number of aromatic nitrogens is 1. The average Bonchev–Trinajstić information content (AvgIpc) is 3.64. The molecule has 4 heterocycles. The predicted molar refractivity (Wildman–Crippen MR) is 174 cm³/mol. The first-order valence-corrected chi connectivity index (χ1v) is 16.6. The van der Waals surface area contributed by atoms with E-state index in [9.17, 15) is 27.6 Å². The highest BCUT2D eigenvalue weighted by Crippen LogP contribution is 2.26. The molecule has 0 bridgehead atoms. The molecule has 3 aromatic rings. The Morgan fingerprint density at radius 2 is 1.44 bits per heavy atom. The van der Waals surface area contributed by atoms with Gasteiger partial charge in [0.15, 0.2) is 5.78 Å². The summed E-state index contributed by atoms with van der Waals surface area (Å²) in [5.41, 5.74) is 3.39. The quantitative estimate of drug-likeness (QED) is 0.293. The number of Topliss-reactive ketones (excluding diaryl/α,β-unsaturated/α-hetero) is 1. The lowest BCUT2D eigenvalue weighted by atomic mass is 9.88. The van der Waals surface area contributed by atoms with E-state index in [1.807, 2.05) is 24.3 Å². The number of alkyl halides is 3. The molecule has 48 heavy (non-hydrogen) atoms. The van der Waals surface area contributed by atoms with Gasteiger partial charge in [-0.1, -0.05) is 12.1 Å². The molecule has 9 nitrogen and oxygen atoms in total. The monoisotopic (exact) mass is 663 g/mol. The van der Waals surface area contributed by atoms with E-state index in [1.165, 1.54) is 31.2 Å². The number of amides is 2. The first-order chi connectivity index (χ1) is 23.1. The van der Waals surface area contributed by atoms with Crippen molar-refractivity contribution in [3.8, 4) is 5.75 Å². The van der Waals surface area contributed by atoms with Gasteiger partial charge in [0.2, 0.25) is 0 Å². The number of ether oxygens (including phenoxy) is 1. The van der Waals surface area contributed by atoms with E-state index in [-0.39, 0.29) is 41.0 Å². The summed E-state index contributed by atoms with van der Waals surface area (Å²) in [6, 6.07) is 16.9. The predicted octanol–water partition coefficient (Wildman–Crippen LogP) is 5.71. The summed E-state index contributed by atoms with van der Waals surface area (Å²) in [6.07, 6.45) is 1.77. The maximum Gasteiger partial charge on any atom is 0.573 e. The highest BCUT2D eigenvalue weighted by atomic mass is 19.4. The molecule has 12 heteroatoms. The number of hydrogen-bond donors (Lipinski definition) is 1. The zero-order chi connectivity index (χ0) is 33.7. The number of hydrogen-bond acceptors (Lipinski definition) is 7. The van der Waals surface area contributed by atoms with Gasteiger partial charge in [-0.25, -0.2) is 0 Å². The molecule has 0 unspecified atom stereocenters. The molecule has 3 aliphatic rings. The maximum absolute atomic E-state index is 13.2. The third-order valence-electron chi connectivity index (χ3n) is 9.51. The van der Waals surface area contributed by atoms with Crippen molar-refractivity contribution in [3.05, 3.63) is 89.2 Å². The Balaban J connectivity index is 0.924. The number of rotatable bonds is 9. The van der Waals surface area contributed by atoms with E-state index in [0.717, 1.165) is 55.8 Å². The first-order valence-electron chi connectivity index (χ1n) is 16.6. The van der Waals surface area contributed by atoms with Crippen LogP contribution in [-0.2, 0) is 6.54 Å². The number of piperidine rings is 2. The highest BCUT2D eigenvalue weighted by molar-refractivity contribution is 5.99. The number of carbonyl (C=O) groups is 3. The summed E-state index contributed by atoms with van der Waals surface area (Å²) in [7, 11) is 0. The molecule has 6 rings (SSSR count). The van der Waals surface area contributed by atoms with E-state index < -0.39 is 6.36 Å². The minimum Gasteiger partial charge on any atom is -0.406 e. The van der Waals surface area contributed by atoms with E-state index in [1.54, 1.807) is 29.2 Å². The van der Waals surface area contributed by atoms with Gasteiger partial charge in [0, 0.05) is 75.2 Å². The van der Waals surface area contributed by atoms with E-state index in [0.29, 0.717) is 38.0 Å². The van der Waals surface area contributed by atoms with Crippen LogP contribution in [0.15, 0.2) is 66.9 Å². The highest BCUT2D eigenvalue weighted by Gasteiger charge is 2.31. The summed E-state index contributed by atoms with van der Waals surface area (Å²) in [4.78, 5) is 49.8. The Kier molecular flexibility index (Phi) is 10.3. The molecule has 254 valence electrons. The second-order valence-electron chi connectivity index (χ2n) is 12.8. The molecule has 2 amide bonds. The van der Waals surface area contributed by atoms with Crippen LogP contribution in [0.2, 0.25) is 0 Å². The van der Waals surface area contributed by atoms with Gasteiger partial charge in [0.05, 0.1) is 5.56 Å². The summed E-state index contributed by atoms with van der Waals surface area (Å²) in [5.74, 6) is -0.707. The molecular weight excluding hydrogens is 623 g/mol. The number of halogens is 3. The van der Waals surface area contributed by atoms with Crippen molar-refractivity contribution in [2.24, 2.45) is 5.92 Å². The zero-order valence-electron chi connectivity index (χ0n) is 26.8. The molecule has 0 spiro atoms. The van der Waals surface area contributed by atoms with Gasteiger partial charge in [0.1, 0.15) is 11.4 Å². The Bertz CT molecular complexity index is 1560. The van der Waals surface area contributed by atoms with Gasteiger partial charge in [-0.2, -0.15) is 0 Å². The van der Waals surface area contributed by atoms with Gasteiger partial charge in [-0.05, 0) is 92.6 Å². The van der Waals surface area contributed by atoms with Crippen LogP contribution in [0.3, 0.4) is 0 Å². The number of carbonyl (C=O) groups excluding carboxylic acids is 3. The molecule has 0 aliphatic carbocycles. The van der Waals surface area contributed by atoms with Crippen LogP contribution in [0.4, 0.5) is 18.9 Å². The number of nitrogens with zero attached hydrogens (tertiary/aromatic N) is 4. The van der Waals surface area contributed by atoms with Crippen molar-refractivity contribution in [2.45, 2.75) is 57.5 Å². The van der Waals surface area contributed by atoms with Crippen LogP contribution in [0.25, 0.3) is 0 Å². The molecule has 1 N–H and O–H groups in total. The number of likely N-dealkylation sites (tertiary alicyclic amines) is 2. The zero-order valence-corrected chi connectivity index (χ0v) is 26.8. The third kappa shape index (κ3) is 8.52. The topological polar surface area (TPSA) is 95.1 Å². The smallest absolute Gasteiger partial charge is 0.406 e. The number of nitrogens with one attached hydrogen (secondary N) is 1. The Hall–Kier alpha value is -4.45. The largest absolute Gasteiger partial charge is 0.573 e. The summed E-state index contributed by atoms with van der Waals surface area (Å²) in [6.45, 7) is 5.11. The lowest BCUT2D eigenvalue weighted by Crippen LogP contribution is -2.44. The van der Waals surface area contributed by atoms with Crippen LogP contribution >= 0.6 is 0 Å². The molecule has 0 radical (unpaired) electrons. The third-order valence-corrected chi connectivity index (χ3v) is 9.51. The molecular formula is C36H40F3N5O4. The van der Waals surface area contributed by atoms with Crippen molar-refractivity contribution in [1.29, 1.82) is 0 Å². The maximum atomic E-state index is 13.2. The Labute approximate surface area is 278 Å². The van der Waals surface area contributed by atoms with Crippen molar-refractivity contribution < 1.29 is 32.3 Å². The number of ketones is 1. The van der Waals surface area contributed by atoms with Crippen molar-refractivity contribution in [3.63, 3.8) is 0 Å². The van der Waals surface area contributed by atoms with Crippen molar-refractivity contribution >= 4 is 23.3 Å². The van der Waals surface area contributed by atoms with Gasteiger partial charge >= 0.3 is 6.36 Å². The summed E-state index contributed by atoms with van der Waals surface area (Å²) >= 11 is 0. The summed E-state index contributed by atoms with van der Waals surface area (Å²) < 4.78 is 41.1. The SMILES string of the molecule is O=C(NC1CCN(Cc2ccc(OC(F)(F)F)cc2)CC1)c1ccc(C(=O)N2CCC(C(=O)c3ccc(N4CCCC4)cc3)CC2)nc1. The van der Waals surface area contributed by atoms with E-state index in [2.05, 4.69) is 24.8 Å². The molecule has 2 aromatic carbocycles. The molecule has 3 saturated heterocycles. The van der Waals surface area contributed by atoms with Crippen LogP contribution in [0, 0.1) is 5.92 Å². The summed E-state index contributed by atoms with van der Waals surface area (Å²) in [5, 5.41) is 3.05. The van der Waals surface area contributed by atoms with E-state index in [4.69, 9.17) is 0 Å². The lowest BCUT2D eigenvalue weighted by Gasteiger charge is -2.32. The Morgan fingerprint density at radius 1 is 0.792 bits per heavy atom. The average molecular weight is 664 g/mol. The van der Waals surface area contributed by atoms with Gasteiger partial charge < -0.3 is 19.9 Å². The van der Waals surface area contributed by atoms with Gasteiger partial charge in [-0.15, -0.1) is 13.2 Å². The van der Waals surface area contributed by atoms with Crippen LogP contribution in [-0.4, -0.2) is 84.1 Å². The minimum absolute atomic E-state index is 0.0235. The number of anilines is 1. The van der Waals surface area contributed by atoms with Crippen molar-refractivity contribution in [2.75, 3.05) is 44.2 Å². The Morgan fingerprint density at radius 3 is 2.04 bits per heavy atom. The molecule has 3 aliphatic heterocycles. The fraction of sp³-hybridized carbons (Fsp3) is 0.444. The van der Waals surface area contributed by atoms with Crippen LogP contribution in [0.1, 0.15) is 75.3 Å². The van der Waals surface area contributed by atoms with Gasteiger partial charge in [-0.3, -0.25) is 24.3 Å². The number of benzene rings is 2. The van der Waals surface area contributed by atoms with Gasteiger partial charge in [0.25, 0.3) is 11.8 Å². The standard InChI is InChI=1S/C36H40F3N5O4/c37-36(38,39)48-31-10-3-25(4-11-31)24-42-19-15-29(16-20-42)41-34(46)28-7-12-32(40-23-28)35(47)44-21-13-27(14-22-44)33(45)26-5-8-30(9-6-26)43-17-1-2-18-43/h3-12,23,27,29H,1-2,13-22,24H2,(H,41,46). The fourth-order valence-corrected chi connectivity index (χ4v) is 6.77. The fourth-order valence-electron chi connectivity index (χ4n) is 6.77. The van der Waals surface area contributed by atoms with E-state index >= 15 is 0 Å². The molecule has 3 fully saturated rings. The van der Waals surface area contributed by atoms with Crippen molar-refractivity contribution in [1.82, 2.24) is 20.1 Å². The molecule has 1 aromatic heterocycles. The second kappa shape index (κ2) is 14.8. The molecule has 0 atom stereocenters. The second-order valence-corrected chi connectivity index (χ2v) is 12.8. The lowest BCUT2D eigenvalue weighted by molar-refractivity contribution is -0.274. The minimum atomic E-state index is -4.72. The first kappa shape index (κ1) is 33.5. The van der Waals surface area contributed by atoms with Crippen LogP contribution in [0.5, 0.6) is 5.75 Å². The normalized spacial score (nSPS) is 18.1. The van der Waals surface area contributed by atoms with Crippen LogP contribution < -0.4 is 15.0 Å².